The van der Waals surface area contributed by atoms with E-state index in [2.05, 4.69) is 10.5 Å². The van der Waals surface area contributed by atoms with Gasteiger partial charge in [0.1, 0.15) is 5.60 Å². The van der Waals surface area contributed by atoms with Crippen LogP contribution in [-0.4, -0.2) is 22.7 Å². The molecule has 0 radical (unpaired) electrons. The molecule has 6 heteroatoms. The van der Waals surface area contributed by atoms with E-state index in [4.69, 9.17) is 4.52 Å². The monoisotopic (exact) mass is 328 g/mol. The molecule has 3 rings (SSSR count). The van der Waals surface area contributed by atoms with Crippen molar-refractivity contribution in [2.24, 2.45) is 0 Å². The van der Waals surface area contributed by atoms with Gasteiger partial charge in [-0.05, 0) is 29.3 Å². The second-order valence-corrected chi connectivity index (χ2v) is 6.19. The Morgan fingerprint density at radius 1 is 1.35 bits per heavy atom. The standard InChI is InChI=1S/C17H16N2O3S/c1-17(21,13-7-8-23-10-13)11-18-16(20)14-9-15(22-19-14)12-5-3-2-4-6-12/h2-10,21H,11H2,1H3,(H,18,20). The molecular formula is C17H16N2O3S. The lowest BCUT2D eigenvalue weighted by Crippen LogP contribution is -2.38. The van der Waals surface area contributed by atoms with Gasteiger partial charge in [0, 0.05) is 11.6 Å². The molecule has 3 aromatic rings. The Labute approximate surface area is 137 Å². The first-order valence-electron chi connectivity index (χ1n) is 7.12. The topological polar surface area (TPSA) is 75.4 Å². The van der Waals surface area contributed by atoms with Crippen LogP contribution in [0.5, 0.6) is 0 Å². The molecule has 1 aromatic carbocycles. The molecule has 23 heavy (non-hydrogen) atoms. The maximum absolute atomic E-state index is 12.2. The fourth-order valence-corrected chi connectivity index (χ4v) is 2.92. The van der Waals surface area contributed by atoms with Crippen molar-refractivity contribution in [2.45, 2.75) is 12.5 Å². The smallest absolute Gasteiger partial charge is 0.273 e. The molecule has 1 unspecified atom stereocenters. The molecule has 0 aliphatic heterocycles. The van der Waals surface area contributed by atoms with Crippen LogP contribution < -0.4 is 5.32 Å². The summed E-state index contributed by atoms with van der Waals surface area (Å²) in [7, 11) is 0. The van der Waals surface area contributed by atoms with Gasteiger partial charge in [0.05, 0.1) is 6.54 Å². The number of hydrogen-bond donors (Lipinski definition) is 2. The third kappa shape index (κ3) is 3.49. The van der Waals surface area contributed by atoms with Crippen LogP contribution >= 0.6 is 11.3 Å². The highest BCUT2D eigenvalue weighted by Gasteiger charge is 2.25. The van der Waals surface area contributed by atoms with Crippen molar-refractivity contribution < 1.29 is 14.4 Å². The molecule has 0 aliphatic rings. The first kappa shape index (κ1) is 15.5. The Kier molecular flexibility index (Phi) is 4.27. The third-order valence-corrected chi connectivity index (χ3v) is 4.22. The van der Waals surface area contributed by atoms with E-state index in [0.29, 0.717) is 5.76 Å². The molecule has 2 heterocycles. The molecule has 0 fully saturated rings. The van der Waals surface area contributed by atoms with Crippen LogP contribution in [0.2, 0.25) is 0 Å². The van der Waals surface area contributed by atoms with Crippen molar-refractivity contribution in [2.75, 3.05) is 6.54 Å². The Hall–Kier alpha value is -2.44. The normalized spacial score (nSPS) is 13.5. The maximum atomic E-state index is 12.2. The highest BCUT2D eigenvalue weighted by molar-refractivity contribution is 7.08. The number of rotatable bonds is 5. The number of carbonyl (C=O) groups is 1. The molecular weight excluding hydrogens is 312 g/mol. The lowest BCUT2D eigenvalue weighted by molar-refractivity contribution is 0.0527. The summed E-state index contributed by atoms with van der Waals surface area (Å²) in [6.07, 6.45) is 0. The van der Waals surface area contributed by atoms with E-state index in [-0.39, 0.29) is 18.1 Å². The highest BCUT2D eigenvalue weighted by Crippen LogP contribution is 2.23. The number of nitrogens with zero attached hydrogens (tertiary/aromatic N) is 1. The molecule has 1 atom stereocenters. The molecule has 0 bridgehead atoms. The van der Waals surface area contributed by atoms with E-state index < -0.39 is 5.60 Å². The van der Waals surface area contributed by atoms with E-state index in [1.807, 2.05) is 47.2 Å². The molecule has 118 valence electrons. The zero-order valence-corrected chi connectivity index (χ0v) is 13.3. The van der Waals surface area contributed by atoms with Gasteiger partial charge in [0.2, 0.25) is 0 Å². The lowest BCUT2D eigenvalue weighted by atomic mass is 9.99. The fourth-order valence-electron chi connectivity index (χ4n) is 2.14. The van der Waals surface area contributed by atoms with E-state index in [0.717, 1.165) is 11.1 Å². The summed E-state index contributed by atoms with van der Waals surface area (Å²) in [5.74, 6) is 0.145. The molecule has 0 aliphatic carbocycles. The van der Waals surface area contributed by atoms with Crippen molar-refractivity contribution in [3.05, 3.63) is 64.5 Å². The van der Waals surface area contributed by atoms with E-state index in [1.54, 1.807) is 13.0 Å². The van der Waals surface area contributed by atoms with Crippen molar-refractivity contribution in [3.8, 4) is 11.3 Å². The van der Waals surface area contributed by atoms with Crippen LogP contribution in [0, 0.1) is 0 Å². The highest BCUT2D eigenvalue weighted by atomic mass is 32.1. The number of aromatic nitrogens is 1. The minimum Gasteiger partial charge on any atom is -0.384 e. The van der Waals surface area contributed by atoms with Gasteiger partial charge >= 0.3 is 0 Å². The minimum absolute atomic E-state index is 0.0934. The summed E-state index contributed by atoms with van der Waals surface area (Å²) in [4.78, 5) is 12.2. The van der Waals surface area contributed by atoms with Crippen LogP contribution in [0.4, 0.5) is 0 Å². The molecule has 2 N–H and O–H groups in total. The largest absolute Gasteiger partial charge is 0.384 e. The summed E-state index contributed by atoms with van der Waals surface area (Å²) in [5, 5.41) is 20.6. The van der Waals surface area contributed by atoms with Crippen LogP contribution in [0.1, 0.15) is 23.0 Å². The molecule has 5 nitrogen and oxygen atoms in total. The molecule has 0 saturated carbocycles. The fraction of sp³-hybridized carbons (Fsp3) is 0.176. The first-order valence-corrected chi connectivity index (χ1v) is 8.06. The van der Waals surface area contributed by atoms with Crippen molar-refractivity contribution in [1.82, 2.24) is 10.5 Å². The van der Waals surface area contributed by atoms with Crippen molar-refractivity contribution in [1.29, 1.82) is 0 Å². The summed E-state index contributed by atoms with van der Waals surface area (Å²) < 4.78 is 5.20. The zero-order chi connectivity index (χ0) is 16.3. The summed E-state index contributed by atoms with van der Waals surface area (Å²) in [6.45, 7) is 1.75. The van der Waals surface area contributed by atoms with Gasteiger partial charge in [-0.15, -0.1) is 0 Å². The zero-order valence-electron chi connectivity index (χ0n) is 12.5. The minimum atomic E-state index is -1.12. The SMILES string of the molecule is CC(O)(CNC(=O)c1cc(-c2ccccc2)on1)c1ccsc1. The predicted octanol–water partition coefficient (Wildman–Crippen LogP) is 3.04. The van der Waals surface area contributed by atoms with E-state index >= 15 is 0 Å². The van der Waals surface area contributed by atoms with Crippen LogP contribution in [0.15, 0.2) is 57.7 Å². The third-order valence-electron chi connectivity index (χ3n) is 3.54. The van der Waals surface area contributed by atoms with Crippen LogP contribution in [-0.2, 0) is 5.60 Å². The van der Waals surface area contributed by atoms with E-state index in [9.17, 15) is 9.90 Å². The van der Waals surface area contributed by atoms with Gasteiger partial charge in [-0.2, -0.15) is 11.3 Å². The molecule has 0 saturated heterocycles. The number of benzene rings is 1. The molecule has 1 amide bonds. The van der Waals surface area contributed by atoms with Crippen LogP contribution in [0.25, 0.3) is 11.3 Å². The number of hydrogen-bond acceptors (Lipinski definition) is 5. The molecule has 0 spiro atoms. The lowest BCUT2D eigenvalue weighted by Gasteiger charge is -2.22. The van der Waals surface area contributed by atoms with Crippen LogP contribution in [0.3, 0.4) is 0 Å². The second kappa shape index (κ2) is 6.36. The number of amides is 1. The van der Waals surface area contributed by atoms with Gasteiger partial charge in [0.15, 0.2) is 11.5 Å². The van der Waals surface area contributed by atoms with E-state index in [1.165, 1.54) is 11.3 Å². The Bertz CT molecular complexity index is 779. The molecule has 2 aromatic heterocycles. The summed E-state index contributed by atoms with van der Waals surface area (Å²) >= 11 is 1.50. The predicted molar refractivity (Wildman–Crippen MR) is 88.2 cm³/mol. The summed E-state index contributed by atoms with van der Waals surface area (Å²) in [5.41, 5.74) is 0.684. The number of aliphatic hydroxyl groups is 1. The van der Waals surface area contributed by atoms with Crippen molar-refractivity contribution in [3.63, 3.8) is 0 Å². The van der Waals surface area contributed by atoms with Gasteiger partial charge in [0.25, 0.3) is 5.91 Å². The second-order valence-electron chi connectivity index (χ2n) is 5.41. The average Bonchev–Trinajstić information content (AvgIpc) is 3.25. The number of carbonyl (C=O) groups excluding carboxylic acids is 1. The Morgan fingerprint density at radius 3 is 2.83 bits per heavy atom. The number of nitrogens with one attached hydrogen (secondary N) is 1. The maximum Gasteiger partial charge on any atom is 0.273 e. The van der Waals surface area contributed by atoms with Crippen molar-refractivity contribution >= 4 is 17.2 Å². The first-order chi connectivity index (χ1) is 11.1. The number of thiophene rings is 1. The van der Waals surface area contributed by atoms with Gasteiger partial charge in [-0.1, -0.05) is 35.5 Å². The Balaban J connectivity index is 1.66. The average molecular weight is 328 g/mol. The van der Waals surface area contributed by atoms with Gasteiger partial charge < -0.3 is 14.9 Å². The van der Waals surface area contributed by atoms with Gasteiger partial charge in [-0.25, -0.2) is 0 Å². The Morgan fingerprint density at radius 2 is 2.13 bits per heavy atom. The summed E-state index contributed by atoms with van der Waals surface area (Å²) in [6, 6.07) is 12.9. The van der Waals surface area contributed by atoms with Gasteiger partial charge in [-0.3, -0.25) is 4.79 Å². The quantitative estimate of drug-likeness (QED) is 0.755.